The third-order valence-electron chi connectivity index (χ3n) is 9.46. The molecule has 7 aromatic carbocycles. The van der Waals surface area contributed by atoms with E-state index < -0.39 is 7.14 Å². The first-order valence-corrected chi connectivity index (χ1v) is 18.5. The van der Waals surface area contributed by atoms with Crippen molar-refractivity contribution in [1.29, 1.82) is 0 Å². The van der Waals surface area contributed by atoms with Crippen molar-refractivity contribution < 1.29 is 4.57 Å². The second-order valence-corrected chi connectivity index (χ2v) is 15.3. The number of hydrogen-bond donors (Lipinski definition) is 0. The quantitative estimate of drug-likeness (QED) is 0.175. The van der Waals surface area contributed by atoms with Gasteiger partial charge in [0.2, 0.25) is 0 Å². The molecule has 0 radical (unpaired) electrons. The summed E-state index contributed by atoms with van der Waals surface area (Å²) >= 11 is 0. The van der Waals surface area contributed by atoms with E-state index in [-0.39, 0.29) is 0 Å². The molecule has 4 nitrogen and oxygen atoms in total. The highest BCUT2D eigenvalue weighted by Crippen LogP contribution is 2.50. The van der Waals surface area contributed by atoms with Gasteiger partial charge in [-0.25, -0.2) is 15.0 Å². The minimum Gasteiger partial charge on any atom is -0.314 e. The van der Waals surface area contributed by atoms with Gasteiger partial charge >= 0.3 is 0 Å². The summed E-state index contributed by atoms with van der Waals surface area (Å²) in [5.41, 5.74) is 9.42. The lowest BCUT2D eigenvalue weighted by Gasteiger charge is -2.14. The normalized spacial score (nSPS) is 14.8. The van der Waals surface area contributed by atoms with Gasteiger partial charge < -0.3 is 4.57 Å². The maximum absolute atomic E-state index is 13.8. The fourth-order valence-corrected chi connectivity index (χ4v) is 9.25. The Morgan fingerprint density at radius 1 is 0.388 bits per heavy atom. The van der Waals surface area contributed by atoms with E-state index in [0.717, 1.165) is 60.7 Å². The van der Waals surface area contributed by atoms with Gasteiger partial charge in [0.25, 0.3) is 0 Å². The summed E-state index contributed by atoms with van der Waals surface area (Å²) in [5.74, 6) is 1.91. The first-order valence-electron chi connectivity index (χ1n) is 16.4. The molecular weight excluding hydrogens is 617 g/mol. The number of aromatic nitrogens is 3. The minimum atomic E-state index is -2.62. The lowest BCUT2D eigenvalue weighted by molar-refractivity contribution is 0.591. The molecule has 9 rings (SSSR count). The van der Waals surface area contributed by atoms with E-state index in [0.29, 0.717) is 17.5 Å². The molecule has 2 heterocycles. The van der Waals surface area contributed by atoms with Gasteiger partial charge in [-0.05, 0) is 75.1 Å². The van der Waals surface area contributed by atoms with Gasteiger partial charge in [0.15, 0.2) is 17.5 Å². The van der Waals surface area contributed by atoms with Crippen LogP contribution in [0.1, 0.15) is 0 Å². The molecule has 8 aromatic rings. The molecule has 0 N–H and O–H groups in total. The standard InChI is InChI=1S/C44H30N3OP/c1-49(48)40-19-11-10-18-37(40)39-27-33(24-25-41(39)49)35-26-34-16-8-9-17-36(34)38(28-35)29-20-22-32(23-21-29)44-46-42(30-12-4-2-5-13-30)45-43(47-44)31-14-6-3-7-15-31/h2-28H,1H3. The van der Waals surface area contributed by atoms with Crippen LogP contribution in [0.15, 0.2) is 164 Å². The average molecular weight is 648 g/mol. The predicted molar refractivity (Wildman–Crippen MR) is 203 cm³/mol. The van der Waals surface area contributed by atoms with Gasteiger partial charge in [-0.1, -0.05) is 140 Å². The van der Waals surface area contributed by atoms with Crippen LogP contribution in [0.25, 0.3) is 78.3 Å². The number of nitrogens with zero attached hydrogens (tertiary/aromatic N) is 3. The Balaban J connectivity index is 1.14. The highest BCUT2D eigenvalue weighted by atomic mass is 31.2. The van der Waals surface area contributed by atoms with E-state index in [1.54, 1.807) is 0 Å². The molecule has 1 aliphatic rings. The number of hydrogen-bond acceptors (Lipinski definition) is 4. The zero-order valence-electron chi connectivity index (χ0n) is 26.8. The van der Waals surface area contributed by atoms with Crippen LogP contribution in [-0.2, 0) is 4.57 Å². The van der Waals surface area contributed by atoms with Crippen LogP contribution in [0.3, 0.4) is 0 Å². The first kappa shape index (κ1) is 29.2. The van der Waals surface area contributed by atoms with Gasteiger partial charge in [0, 0.05) is 27.3 Å². The first-order chi connectivity index (χ1) is 24.0. The highest BCUT2D eigenvalue weighted by molar-refractivity contribution is 7.79. The summed E-state index contributed by atoms with van der Waals surface area (Å²) < 4.78 is 13.8. The summed E-state index contributed by atoms with van der Waals surface area (Å²) in [6, 6.07) is 56.1. The van der Waals surface area contributed by atoms with Crippen molar-refractivity contribution in [3.8, 4) is 67.5 Å². The SMILES string of the molecule is CP1(=O)c2ccccc2-c2cc(-c3cc(-c4ccc(-c5nc(-c6ccccc6)nc(-c6ccccc6)n5)cc4)c4ccccc4c3)ccc21. The van der Waals surface area contributed by atoms with Crippen LogP contribution in [0.4, 0.5) is 0 Å². The molecule has 1 aliphatic heterocycles. The Morgan fingerprint density at radius 2 is 0.878 bits per heavy atom. The smallest absolute Gasteiger partial charge is 0.164 e. The van der Waals surface area contributed by atoms with Crippen LogP contribution < -0.4 is 10.6 Å². The maximum atomic E-state index is 13.8. The van der Waals surface area contributed by atoms with E-state index >= 15 is 0 Å². The molecule has 0 aliphatic carbocycles. The third kappa shape index (κ3) is 5.09. The molecule has 0 fully saturated rings. The predicted octanol–water partition coefficient (Wildman–Crippen LogP) is 10.3. The van der Waals surface area contributed by atoms with Gasteiger partial charge in [0.1, 0.15) is 7.14 Å². The Kier molecular flexibility index (Phi) is 6.93. The van der Waals surface area contributed by atoms with E-state index in [1.165, 1.54) is 10.8 Å². The fourth-order valence-electron chi connectivity index (χ4n) is 6.96. The maximum Gasteiger partial charge on any atom is 0.164 e. The Hall–Kier alpha value is -5.96. The van der Waals surface area contributed by atoms with E-state index in [1.807, 2.05) is 85.5 Å². The molecule has 232 valence electrons. The molecule has 1 aromatic heterocycles. The molecule has 0 saturated carbocycles. The zero-order valence-corrected chi connectivity index (χ0v) is 27.7. The summed E-state index contributed by atoms with van der Waals surface area (Å²) in [6.07, 6.45) is 0. The molecule has 0 bridgehead atoms. The second-order valence-electron chi connectivity index (χ2n) is 12.5. The van der Waals surface area contributed by atoms with E-state index in [4.69, 9.17) is 15.0 Å². The summed E-state index contributed by atoms with van der Waals surface area (Å²) in [7, 11) is -2.62. The van der Waals surface area contributed by atoms with Gasteiger partial charge in [-0.2, -0.15) is 0 Å². The molecule has 0 spiro atoms. The second kappa shape index (κ2) is 11.6. The van der Waals surface area contributed by atoms with Crippen molar-refractivity contribution in [3.05, 3.63) is 164 Å². The Bertz CT molecular complexity index is 2520. The molecule has 1 atom stereocenters. The Labute approximate surface area is 285 Å². The zero-order chi connectivity index (χ0) is 33.0. The molecule has 5 heteroatoms. The molecule has 1 unspecified atom stereocenters. The van der Waals surface area contributed by atoms with Gasteiger partial charge in [-0.3, -0.25) is 0 Å². The lowest BCUT2D eigenvalue weighted by Crippen LogP contribution is -2.07. The topological polar surface area (TPSA) is 55.7 Å². The van der Waals surface area contributed by atoms with Crippen molar-refractivity contribution in [2.75, 3.05) is 6.66 Å². The largest absolute Gasteiger partial charge is 0.314 e. The third-order valence-corrected chi connectivity index (χ3v) is 12.1. The van der Waals surface area contributed by atoms with Crippen molar-refractivity contribution >= 4 is 28.5 Å². The van der Waals surface area contributed by atoms with Crippen LogP contribution in [-0.4, -0.2) is 21.6 Å². The minimum absolute atomic E-state index is 0.629. The number of rotatable bonds is 5. The van der Waals surface area contributed by atoms with Crippen LogP contribution in [0.2, 0.25) is 0 Å². The van der Waals surface area contributed by atoms with Crippen LogP contribution in [0, 0.1) is 0 Å². The van der Waals surface area contributed by atoms with Gasteiger partial charge in [0.05, 0.1) is 0 Å². The van der Waals surface area contributed by atoms with Crippen LogP contribution in [0.5, 0.6) is 0 Å². The van der Waals surface area contributed by atoms with Crippen molar-refractivity contribution in [1.82, 2.24) is 15.0 Å². The van der Waals surface area contributed by atoms with E-state index in [2.05, 4.69) is 84.9 Å². The lowest BCUT2D eigenvalue weighted by atomic mass is 9.91. The van der Waals surface area contributed by atoms with Crippen molar-refractivity contribution in [3.63, 3.8) is 0 Å². The number of benzene rings is 7. The molecule has 0 saturated heterocycles. The van der Waals surface area contributed by atoms with Crippen molar-refractivity contribution in [2.45, 2.75) is 0 Å². The van der Waals surface area contributed by atoms with Crippen LogP contribution >= 0.6 is 7.14 Å². The van der Waals surface area contributed by atoms with E-state index in [9.17, 15) is 4.57 Å². The average Bonchev–Trinajstić information content (AvgIpc) is 3.40. The number of fused-ring (bicyclic) bond motifs is 4. The Morgan fingerprint density at radius 3 is 1.55 bits per heavy atom. The molecular formula is C44H30N3OP. The highest BCUT2D eigenvalue weighted by Gasteiger charge is 2.34. The van der Waals surface area contributed by atoms with Gasteiger partial charge in [-0.15, -0.1) is 0 Å². The molecule has 0 amide bonds. The summed E-state index contributed by atoms with van der Waals surface area (Å²) in [4.78, 5) is 14.7. The fraction of sp³-hybridized carbons (Fsp3) is 0.0227. The monoisotopic (exact) mass is 647 g/mol. The summed E-state index contributed by atoms with van der Waals surface area (Å²) in [6.45, 7) is 1.89. The summed E-state index contributed by atoms with van der Waals surface area (Å²) in [5, 5.41) is 4.24. The van der Waals surface area contributed by atoms with Crippen molar-refractivity contribution in [2.24, 2.45) is 0 Å². The molecule has 49 heavy (non-hydrogen) atoms.